The van der Waals surface area contributed by atoms with Crippen LogP contribution in [-0.2, 0) is 13.0 Å². The molecule has 72 heavy (non-hydrogen) atoms. The number of hydrogen-bond donors (Lipinski definition) is 3. The minimum Gasteiger partial charge on any atom is -0.489 e. The number of carbonyl (C=O) groups excluding carboxylic acids is 1. The van der Waals surface area contributed by atoms with Crippen molar-refractivity contribution < 1.29 is 19.4 Å². The number of nitrogens with zero attached hydrogens (tertiary/aromatic N) is 9. The lowest BCUT2D eigenvalue weighted by Crippen LogP contribution is -2.74. The Kier molecular flexibility index (Phi) is 16.1. The molecule has 16 heteroatoms. The molecule has 2 aromatic carbocycles. The number of carbonyl (C=O) groups is 1. The monoisotopic (exact) mass is 1000 g/mol. The van der Waals surface area contributed by atoms with Gasteiger partial charge in [-0.2, -0.15) is 14.9 Å². The van der Waals surface area contributed by atoms with Crippen molar-refractivity contribution in [1.29, 1.82) is 5.26 Å². The molecule has 0 spiro atoms. The van der Waals surface area contributed by atoms with Crippen LogP contribution < -0.4 is 29.9 Å². The summed E-state index contributed by atoms with van der Waals surface area (Å²) in [5.74, 6) is 3.71. The van der Waals surface area contributed by atoms with E-state index in [1.54, 1.807) is 18.2 Å². The first kappa shape index (κ1) is 51.2. The Hall–Kier alpha value is -5.66. The zero-order valence-electron chi connectivity index (χ0n) is 43.0. The summed E-state index contributed by atoms with van der Waals surface area (Å²) in [7, 11) is 0. The van der Waals surface area contributed by atoms with Crippen LogP contribution in [0, 0.1) is 28.1 Å². The molecule has 3 saturated heterocycles. The van der Waals surface area contributed by atoms with Gasteiger partial charge >= 0.3 is 0 Å². The first-order valence-corrected chi connectivity index (χ1v) is 26.8. The molecule has 3 aromatic heterocycles. The standard InChI is InChI=1S/C56H74ClN11O4/c1-6-41-37-61-68-48(33-49(62-51(41)68)67-23-8-7-10-45(67)21-30-69)59-35-40-11-18-50(60-36-40)71-31-9-22-64-26-28-65(29-27-64)38-39-19-24-66(25-20-39)44-15-12-42(13-16-44)52(70)63-53-55(2,3)54(56(53,4)5)72-46-17-14-43(34-58)47(57)32-46/h11-18,32-33,36-37,39,45,53-54,59,69H,6-10,19-31,35,38H2,1-5H3,(H,63,70)/t45?,53-,54-. The van der Waals surface area contributed by atoms with E-state index in [-0.39, 0.29) is 35.5 Å². The molecule has 4 fully saturated rings. The second-order valence-corrected chi connectivity index (χ2v) is 22.0. The first-order chi connectivity index (χ1) is 34.8. The number of aliphatic hydroxyl groups excluding tert-OH is 1. The molecule has 9 rings (SSSR count). The molecule has 6 heterocycles. The fraction of sp³-hybridized carbons (Fsp3) is 0.554. The van der Waals surface area contributed by atoms with Gasteiger partial charge in [0.15, 0.2) is 5.65 Å². The highest BCUT2D eigenvalue weighted by atomic mass is 35.5. The number of anilines is 3. The normalized spacial score (nSPS) is 21.5. The van der Waals surface area contributed by atoms with Crippen LogP contribution in [-0.4, -0.2) is 131 Å². The Labute approximate surface area is 430 Å². The summed E-state index contributed by atoms with van der Waals surface area (Å²) in [6.45, 7) is 21.6. The fourth-order valence-corrected chi connectivity index (χ4v) is 12.3. The molecule has 1 atom stereocenters. The smallest absolute Gasteiger partial charge is 0.251 e. The Bertz CT molecular complexity index is 2640. The molecule has 3 N–H and O–H groups in total. The largest absolute Gasteiger partial charge is 0.489 e. The average molecular weight is 1000 g/mol. The van der Waals surface area contributed by atoms with Gasteiger partial charge in [0.25, 0.3) is 5.91 Å². The number of rotatable bonds is 19. The SMILES string of the molecule is CCc1cnn2c(NCc3ccc(OCCCN4CCN(CC5CCN(c6ccc(C(=O)N[C@H]7C(C)(C)[C@H](Oc8ccc(C#N)c(Cl)c8)C7(C)C)cc6)CC5)CC4)nc3)cc(N3CCCCC3CCO)nc12. The molecule has 1 aliphatic carbocycles. The molecule has 1 unspecified atom stereocenters. The van der Waals surface area contributed by atoms with Crippen LogP contribution in [0.15, 0.2) is 73.1 Å². The number of aryl methyl sites for hydroxylation is 1. The Morgan fingerprint density at radius 1 is 0.917 bits per heavy atom. The van der Waals surface area contributed by atoms with Crippen molar-refractivity contribution in [3.63, 3.8) is 0 Å². The van der Waals surface area contributed by atoms with Crippen LogP contribution in [0.3, 0.4) is 0 Å². The molecule has 1 saturated carbocycles. The molecule has 4 aliphatic rings. The van der Waals surface area contributed by atoms with Gasteiger partial charge in [-0.05, 0) is 99.2 Å². The molecule has 1 amide bonds. The van der Waals surface area contributed by atoms with Crippen molar-refractivity contribution in [2.45, 2.75) is 111 Å². The van der Waals surface area contributed by atoms with Crippen molar-refractivity contribution in [3.05, 3.63) is 100 Å². The van der Waals surface area contributed by atoms with Crippen LogP contribution in [0.5, 0.6) is 11.6 Å². The molecule has 3 aliphatic heterocycles. The number of nitriles is 1. The molecular weight excluding hydrogens is 926 g/mol. The highest BCUT2D eigenvalue weighted by Crippen LogP contribution is 2.55. The van der Waals surface area contributed by atoms with E-state index in [0.29, 0.717) is 52.9 Å². The van der Waals surface area contributed by atoms with E-state index in [1.807, 2.05) is 35.1 Å². The predicted molar refractivity (Wildman–Crippen MR) is 284 cm³/mol. The van der Waals surface area contributed by atoms with Crippen molar-refractivity contribution >= 4 is 40.5 Å². The topological polar surface area (TPSA) is 160 Å². The van der Waals surface area contributed by atoms with Gasteiger partial charge in [0, 0.05) is 136 Å². The van der Waals surface area contributed by atoms with Crippen molar-refractivity contribution in [2.24, 2.45) is 16.7 Å². The lowest BCUT2D eigenvalue weighted by atomic mass is 9.49. The number of piperidine rings is 2. The third-order valence-electron chi connectivity index (χ3n) is 16.0. The lowest BCUT2D eigenvalue weighted by Gasteiger charge is -2.63. The van der Waals surface area contributed by atoms with E-state index >= 15 is 0 Å². The molecular formula is C56H74ClN11O4. The third kappa shape index (κ3) is 11.4. The van der Waals surface area contributed by atoms with Gasteiger partial charge in [0.05, 0.1) is 23.4 Å². The summed E-state index contributed by atoms with van der Waals surface area (Å²) in [5, 5.41) is 31.0. The van der Waals surface area contributed by atoms with Crippen molar-refractivity contribution in [2.75, 3.05) is 87.2 Å². The van der Waals surface area contributed by atoms with Gasteiger partial charge < -0.3 is 44.8 Å². The molecule has 0 bridgehead atoms. The van der Waals surface area contributed by atoms with Crippen LogP contribution in [0.25, 0.3) is 5.65 Å². The van der Waals surface area contributed by atoms with Crippen molar-refractivity contribution in [1.82, 2.24) is 34.7 Å². The quantitative estimate of drug-likeness (QED) is 0.0677. The van der Waals surface area contributed by atoms with Gasteiger partial charge in [-0.15, -0.1) is 0 Å². The molecule has 15 nitrogen and oxygen atoms in total. The number of benzene rings is 2. The summed E-state index contributed by atoms with van der Waals surface area (Å²) in [6.07, 6.45) is 11.9. The van der Waals surface area contributed by atoms with Crippen LogP contribution in [0.2, 0.25) is 5.02 Å². The Balaban J connectivity index is 0.658. The van der Waals surface area contributed by atoms with E-state index in [4.69, 9.17) is 26.1 Å². The van der Waals surface area contributed by atoms with E-state index in [9.17, 15) is 15.2 Å². The number of halogens is 1. The zero-order chi connectivity index (χ0) is 50.4. The average Bonchev–Trinajstić information content (AvgIpc) is 3.82. The van der Waals surface area contributed by atoms with Gasteiger partial charge in [-0.3, -0.25) is 4.79 Å². The minimum absolute atomic E-state index is 0.0789. The van der Waals surface area contributed by atoms with E-state index < -0.39 is 0 Å². The van der Waals surface area contributed by atoms with Gasteiger partial charge in [0.1, 0.15) is 29.6 Å². The summed E-state index contributed by atoms with van der Waals surface area (Å²) in [5.41, 5.74) is 4.63. The van der Waals surface area contributed by atoms with E-state index in [2.05, 4.69) is 105 Å². The number of ether oxygens (including phenoxy) is 2. The van der Waals surface area contributed by atoms with Crippen LogP contribution in [0.1, 0.15) is 107 Å². The van der Waals surface area contributed by atoms with Crippen LogP contribution in [0.4, 0.5) is 17.3 Å². The number of hydrogen-bond acceptors (Lipinski definition) is 13. The fourth-order valence-electron chi connectivity index (χ4n) is 12.1. The maximum atomic E-state index is 13.6. The van der Waals surface area contributed by atoms with Gasteiger partial charge in [-0.25, -0.2) is 9.97 Å². The molecule has 0 radical (unpaired) electrons. The maximum Gasteiger partial charge on any atom is 0.251 e. The second kappa shape index (κ2) is 22.6. The van der Waals surface area contributed by atoms with Gasteiger partial charge in [0.2, 0.25) is 5.88 Å². The highest BCUT2D eigenvalue weighted by Gasteiger charge is 2.64. The summed E-state index contributed by atoms with van der Waals surface area (Å²) in [4.78, 5) is 33.3. The number of pyridine rings is 1. The zero-order valence-corrected chi connectivity index (χ0v) is 43.7. The number of amides is 1. The van der Waals surface area contributed by atoms with E-state index in [1.165, 1.54) is 24.9 Å². The number of aromatic nitrogens is 4. The number of nitrogens with one attached hydrogen (secondary N) is 2. The second-order valence-electron chi connectivity index (χ2n) is 21.6. The number of fused-ring (bicyclic) bond motifs is 1. The maximum absolute atomic E-state index is 13.6. The minimum atomic E-state index is -0.329. The Morgan fingerprint density at radius 3 is 2.38 bits per heavy atom. The predicted octanol–water partition coefficient (Wildman–Crippen LogP) is 8.48. The number of aliphatic hydroxyl groups is 1. The van der Waals surface area contributed by atoms with E-state index in [0.717, 1.165) is 119 Å². The summed E-state index contributed by atoms with van der Waals surface area (Å²) in [6, 6.07) is 21.6. The molecule has 5 aromatic rings. The third-order valence-corrected chi connectivity index (χ3v) is 16.3. The number of piperazine rings is 1. The van der Waals surface area contributed by atoms with Gasteiger partial charge in [-0.1, -0.05) is 52.3 Å². The summed E-state index contributed by atoms with van der Waals surface area (Å²) >= 11 is 6.28. The highest BCUT2D eigenvalue weighted by molar-refractivity contribution is 6.31. The molecule has 384 valence electrons. The van der Waals surface area contributed by atoms with Crippen LogP contribution >= 0.6 is 11.6 Å². The summed E-state index contributed by atoms with van der Waals surface area (Å²) < 4.78 is 14.4. The van der Waals surface area contributed by atoms with Crippen molar-refractivity contribution in [3.8, 4) is 17.7 Å². The lowest BCUT2D eigenvalue weighted by molar-refractivity contribution is -0.164. The Morgan fingerprint density at radius 2 is 1.68 bits per heavy atom. The first-order valence-electron chi connectivity index (χ1n) is 26.4.